The van der Waals surface area contributed by atoms with Gasteiger partial charge >= 0.3 is 0 Å². The molecular formula is C17H21BrN2. The standard InChI is InChI=1S/C17H21BrN2/c1-13-7-3-5-9-15(13)17(11-19)20(2)12-14-8-4-6-10-16(14)18/h3-10,17H,11-12,19H2,1-2H3. The molecule has 2 nitrogen and oxygen atoms in total. The van der Waals surface area contributed by atoms with Crippen molar-refractivity contribution in [1.29, 1.82) is 0 Å². The van der Waals surface area contributed by atoms with Gasteiger partial charge in [0.15, 0.2) is 0 Å². The zero-order valence-corrected chi connectivity index (χ0v) is 13.6. The maximum atomic E-state index is 6.01. The van der Waals surface area contributed by atoms with Gasteiger partial charge < -0.3 is 5.73 Å². The summed E-state index contributed by atoms with van der Waals surface area (Å²) in [5, 5.41) is 0. The topological polar surface area (TPSA) is 29.3 Å². The molecule has 3 heteroatoms. The maximum absolute atomic E-state index is 6.01. The molecule has 20 heavy (non-hydrogen) atoms. The Morgan fingerprint density at radius 1 is 1.10 bits per heavy atom. The molecule has 0 radical (unpaired) electrons. The monoisotopic (exact) mass is 332 g/mol. The normalized spacial score (nSPS) is 12.7. The molecular weight excluding hydrogens is 312 g/mol. The molecule has 0 aliphatic rings. The second kappa shape index (κ2) is 7.02. The Bertz CT molecular complexity index is 568. The van der Waals surface area contributed by atoms with Crippen molar-refractivity contribution in [3.63, 3.8) is 0 Å². The van der Waals surface area contributed by atoms with Crippen molar-refractivity contribution >= 4 is 15.9 Å². The van der Waals surface area contributed by atoms with Crippen LogP contribution in [-0.2, 0) is 6.54 Å². The van der Waals surface area contributed by atoms with E-state index >= 15 is 0 Å². The van der Waals surface area contributed by atoms with Crippen molar-refractivity contribution in [3.05, 3.63) is 69.7 Å². The highest BCUT2D eigenvalue weighted by molar-refractivity contribution is 9.10. The largest absolute Gasteiger partial charge is 0.329 e. The minimum Gasteiger partial charge on any atom is -0.329 e. The first-order chi connectivity index (χ1) is 9.63. The highest BCUT2D eigenvalue weighted by atomic mass is 79.9. The molecule has 0 aliphatic carbocycles. The van der Waals surface area contributed by atoms with Gasteiger partial charge in [-0.2, -0.15) is 0 Å². The summed E-state index contributed by atoms with van der Waals surface area (Å²) >= 11 is 3.61. The van der Waals surface area contributed by atoms with Gasteiger partial charge in [-0.15, -0.1) is 0 Å². The fourth-order valence-electron chi connectivity index (χ4n) is 2.51. The van der Waals surface area contributed by atoms with E-state index in [9.17, 15) is 0 Å². The molecule has 0 aromatic heterocycles. The summed E-state index contributed by atoms with van der Waals surface area (Å²) in [5.41, 5.74) is 9.90. The first kappa shape index (κ1) is 15.2. The molecule has 0 amide bonds. The Balaban J connectivity index is 2.20. The van der Waals surface area contributed by atoms with Crippen LogP contribution in [0.1, 0.15) is 22.7 Å². The lowest BCUT2D eigenvalue weighted by Gasteiger charge is -2.29. The lowest BCUT2D eigenvalue weighted by Crippen LogP contribution is -2.30. The maximum Gasteiger partial charge on any atom is 0.0473 e. The first-order valence-electron chi connectivity index (χ1n) is 6.82. The van der Waals surface area contributed by atoms with Crippen LogP contribution in [0.4, 0.5) is 0 Å². The summed E-state index contributed by atoms with van der Waals surface area (Å²) in [6.45, 7) is 3.63. The van der Waals surface area contributed by atoms with Crippen LogP contribution in [0.3, 0.4) is 0 Å². The van der Waals surface area contributed by atoms with E-state index in [1.165, 1.54) is 16.7 Å². The second-order valence-corrected chi connectivity index (χ2v) is 5.97. The second-order valence-electron chi connectivity index (χ2n) is 5.11. The number of nitrogens with two attached hydrogens (primary N) is 1. The molecule has 1 atom stereocenters. The minimum absolute atomic E-state index is 0.239. The van der Waals surface area contributed by atoms with Crippen LogP contribution < -0.4 is 5.73 Å². The van der Waals surface area contributed by atoms with E-state index in [1.54, 1.807) is 0 Å². The first-order valence-corrected chi connectivity index (χ1v) is 7.62. The van der Waals surface area contributed by atoms with Gasteiger partial charge in [0.1, 0.15) is 0 Å². The predicted octanol–water partition coefficient (Wildman–Crippen LogP) is 3.89. The number of rotatable bonds is 5. The van der Waals surface area contributed by atoms with Crippen molar-refractivity contribution in [2.45, 2.75) is 19.5 Å². The number of halogens is 1. The zero-order chi connectivity index (χ0) is 14.5. The highest BCUT2D eigenvalue weighted by Crippen LogP contribution is 2.25. The molecule has 0 fully saturated rings. The van der Waals surface area contributed by atoms with Crippen LogP contribution in [0.2, 0.25) is 0 Å². The lowest BCUT2D eigenvalue weighted by atomic mass is 10.00. The van der Waals surface area contributed by atoms with E-state index in [0.717, 1.165) is 11.0 Å². The summed E-state index contributed by atoms with van der Waals surface area (Å²) in [5.74, 6) is 0. The highest BCUT2D eigenvalue weighted by Gasteiger charge is 2.17. The fourth-order valence-corrected chi connectivity index (χ4v) is 2.92. The van der Waals surface area contributed by atoms with Gasteiger partial charge in [-0.1, -0.05) is 58.4 Å². The number of likely N-dealkylation sites (N-methyl/N-ethyl adjacent to an activating group) is 1. The van der Waals surface area contributed by atoms with Crippen LogP contribution in [0.25, 0.3) is 0 Å². The van der Waals surface area contributed by atoms with Crippen molar-refractivity contribution in [3.8, 4) is 0 Å². The number of benzene rings is 2. The third kappa shape index (κ3) is 3.48. The van der Waals surface area contributed by atoms with Crippen LogP contribution in [0.5, 0.6) is 0 Å². The van der Waals surface area contributed by atoms with E-state index < -0.39 is 0 Å². The van der Waals surface area contributed by atoms with Gasteiger partial charge in [0.25, 0.3) is 0 Å². The summed E-state index contributed by atoms with van der Waals surface area (Å²) in [6, 6.07) is 17.0. The lowest BCUT2D eigenvalue weighted by molar-refractivity contribution is 0.240. The average molecular weight is 333 g/mol. The van der Waals surface area contributed by atoms with Crippen LogP contribution in [0, 0.1) is 6.92 Å². The predicted molar refractivity (Wildman–Crippen MR) is 88.6 cm³/mol. The molecule has 2 N–H and O–H groups in total. The Kier molecular flexibility index (Phi) is 5.35. The summed E-state index contributed by atoms with van der Waals surface area (Å²) in [4.78, 5) is 2.31. The van der Waals surface area contributed by atoms with Crippen LogP contribution in [-0.4, -0.2) is 18.5 Å². The molecule has 106 valence electrons. The molecule has 0 aliphatic heterocycles. The molecule has 0 heterocycles. The molecule has 2 aromatic rings. The Labute approximate surface area is 129 Å². The van der Waals surface area contributed by atoms with E-state index in [2.05, 4.69) is 77.3 Å². The van der Waals surface area contributed by atoms with Gasteiger partial charge in [0.05, 0.1) is 0 Å². The van der Waals surface area contributed by atoms with Crippen molar-refractivity contribution < 1.29 is 0 Å². The van der Waals surface area contributed by atoms with Crippen molar-refractivity contribution in [2.75, 3.05) is 13.6 Å². The van der Waals surface area contributed by atoms with Crippen molar-refractivity contribution in [2.24, 2.45) is 5.73 Å². The summed E-state index contributed by atoms with van der Waals surface area (Å²) in [7, 11) is 2.13. The van der Waals surface area contributed by atoms with Crippen LogP contribution >= 0.6 is 15.9 Å². The van der Waals surface area contributed by atoms with E-state index in [4.69, 9.17) is 5.73 Å². The minimum atomic E-state index is 0.239. The Hall–Kier alpha value is -1.16. The average Bonchev–Trinajstić information content (AvgIpc) is 2.44. The number of aryl methyl sites for hydroxylation is 1. The molecule has 0 bridgehead atoms. The quantitative estimate of drug-likeness (QED) is 0.899. The van der Waals surface area contributed by atoms with E-state index in [1.807, 2.05) is 6.07 Å². The molecule has 0 spiro atoms. The van der Waals surface area contributed by atoms with Crippen LogP contribution in [0.15, 0.2) is 53.0 Å². The Morgan fingerprint density at radius 2 is 1.75 bits per heavy atom. The number of hydrogen-bond donors (Lipinski definition) is 1. The summed E-state index contributed by atoms with van der Waals surface area (Å²) < 4.78 is 1.15. The van der Waals surface area contributed by atoms with Gasteiger partial charge in [0, 0.05) is 23.6 Å². The van der Waals surface area contributed by atoms with Gasteiger partial charge in [-0.05, 0) is 36.7 Å². The van der Waals surface area contributed by atoms with E-state index in [0.29, 0.717) is 6.54 Å². The molecule has 2 aromatic carbocycles. The van der Waals surface area contributed by atoms with Crippen molar-refractivity contribution in [1.82, 2.24) is 4.90 Å². The Morgan fingerprint density at radius 3 is 2.40 bits per heavy atom. The zero-order valence-electron chi connectivity index (χ0n) is 12.0. The number of hydrogen-bond acceptors (Lipinski definition) is 2. The smallest absolute Gasteiger partial charge is 0.0473 e. The molecule has 2 rings (SSSR count). The molecule has 1 unspecified atom stereocenters. The van der Waals surface area contributed by atoms with E-state index in [-0.39, 0.29) is 6.04 Å². The fraction of sp³-hybridized carbons (Fsp3) is 0.294. The third-order valence-corrected chi connectivity index (χ3v) is 4.45. The van der Waals surface area contributed by atoms with Gasteiger partial charge in [-0.3, -0.25) is 4.90 Å². The third-order valence-electron chi connectivity index (χ3n) is 3.68. The number of nitrogens with zero attached hydrogens (tertiary/aromatic N) is 1. The SMILES string of the molecule is Cc1ccccc1C(CN)N(C)Cc1ccccc1Br. The van der Waals surface area contributed by atoms with Gasteiger partial charge in [0.2, 0.25) is 0 Å². The molecule has 0 saturated carbocycles. The van der Waals surface area contributed by atoms with Gasteiger partial charge in [-0.25, -0.2) is 0 Å². The molecule has 0 saturated heterocycles. The summed E-state index contributed by atoms with van der Waals surface area (Å²) in [6.07, 6.45) is 0.